The normalized spacial score (nSPS) is 20.9. The van der Waals surface area contributed by atoms with Crippen molar-refractivity contribution in [2.45, 2.75) is 25.4 Å². The van der Waals surface area contributed by atoms with Crippen molar-refractivity contribution in [1.82, 2.24) is 4.90 Å². The SMILES string of the molecule is COCC(O)CN1CCC(CC(=O)O)CC1. The number of nitrogens with zero attached hydrogens (tertiary/aromatic N) is 1. The topological polar surface area (TPSA) is 70.0 Å². The summed E-state index contributed by atoms with van der Waals surface area (Å²) < 4.78 is 4.86. The van der Waals surface area contributed by atoms with Gasteiger partial charge in [-0.05, 0) is 31.8 Å². The van der Waals surface area contributed by atoms with Crippen LogP contribution in [0.3, 0.4) is 0 Å². The quantitative estimate of drug-likeness (QED) is 0.682. The number of β-amino-alcohol motifs (C(OH)–C–C–N with tert-alkyl or cyclic N) is 1. The molecule has 1 aliphatic heterocycles. The van der Waals surface area contributed by atoms with Crippen molar-refractivity contribution in [2.24, 2.45) is 5.92 Å². The van der Waals surface area contributed by atoms with Crippen LogP contribution in [0.2, 0.25) is 0 Å². The standard InChI is InChI=1S/C11H21NO4/c1-16-8-10(13)7-12-4-2-9(3-5-12)6-11(14)15/h9-10,13H,2-8H2,1H3,(H,14,15). The number of carboxylic acid groups (broad SMARTS) is 1. The van der Waals surface area contributed by atoms with Gasteiger partial charge in [-0.25, -0.2) is 0 Å². The maximum atomic E-state index is 10.5. The van der Waals surface area contributed by atoms with Crippen LogP contribution in [0.15, 0.2) is 0 Å². The van der Waals surface area contributed by atoms with E-state index in [2.05, 4.69) is 4.90 Å². The number of aliphatic carboxylic acids is 1. The molecule has 0 amide bonds. The predicted molar refractivity (Wildman–Crippen MR) is 59.3 cm³/mol. The Morgan fingerprint density at radius 1 is 1.50 bits per heavy atom. The van der Waals surface area contributed by atoms with Gasteiger partial charge < -0.3 is 19.8 Å². The van der Waals surface area contributed by atoms with Crippen LogP contribution in [-0.4, -0.2) is 60.5 Å². The van der Waals surface area contributed by atoms with E-state index in [1.807, 2.05) is 0 Å². The van der Waals surface area contributed by atoms with Crippen LogP contribution in [0, 0.1) is 5.92 Å². The Morgan fingerprint density at radius 3 is 2.62 bits per heavy atom. The number of ether oxygens (including phenoxy) is 1. The van der Waals surface area contributed by atoms with Gasteiger partial charge in [0.25, 0.3) is 0 Å². The highest BCUT2D eigenvalue weighted by Crippen LogP contribution is 2.20. The number of hydrogen-bond donors (Lipinski definition) is 2. The van der Waals surface area contributed by atoms with Gasteiger partial charge in [-0.2, -0.15) is 0 Å². The van der Waals surface area contributed by atoms with Gasteiger partial charge in [0.1, 0.15) is 0 Å². The lowest BCUT2D eigenvalue weighted by molar-refractivity contribution is -0.138. The smallest absolute Gasteiger partial charge is 0.303 e. The highest BCUT2D eigenvalue weighted by Gasteiger charge is 2.22. The largest absolute Gasteiger partial charge is 0.481 e. The van der Waals surface area contributed by atoms with Crippen LogP contribution >= 0.6 is 0 Å². The Hall–Kier alpha value is -0.650. The lowest BCUT2D eigenvalue weighted by Crippen LogP contribution is -2.40. The summed E-state index contributed by atoms with van der Waals surface area (Å²) in [6.07, 6.45) is 1.65. The van der Waals surface area contributed by atoms with Gasteiger partial charge in [-0.15, -0.1) is 0 Å². The maximum Gasteiger partial charge on any atom is 0.303 e. The van der Waals surface area contributed by atoms with Gasteiger partial charge in [0.15, 0.2) is 0 Å². The Morgan fingerprint density at radius 2 is 2.12 bits per heavy atom. The first kappa shape index (κ1) is 13.4. The zero-order valence-corrected chi connectivity index (χ0v) is 9.76. The number of methoxy groups -OCH3 is 1. The molecule has 2 N–H and O–H groups in total. The molecule has 94 valence electrons. The van der Waals surface area contributed by atoms with Crippen molar-refractivity contribution in [3.05, 3.63) is 0 Å². The number of likely N-dealkylation sites (tertiary alicyclic amines) is 1. The number of carbonyl (C=O) groups is 1. The van der Waals surface area contributed by atoms with Crippen LogP contribution < -0.4 is 0 Å². The number of rotatable bonds is 6. The molecule has 0 saturated carbocycles. The zero-order valence-electron chi connectivity index (χ0n) is 9.76. The minimum absolute atomic E-state index is 0.272. The molecule has 0 bridgehead atoms. The first-order valence-corrected chi connectivity index (χ1v) is 5.73. The number of hydrogen-bond acceptors (Lipinski definition) is 4. The third-order valence-electron chi connectivity index (χ3n) is 3.00. The van der Waals surface area contributed by atoms with Crippen molar-refractivity contribution in [3.8, 4) is 0 Å². The molecule has 0 aliphatic carbocycles. The molecule has 1 aliphatic rings. The highest BCUT2D eigenvalue weighted by molar-refractivity contribution is 5.67. The van der Waals surface area contributed by atoms with E-state index in [0.717, 1.165) is 25.9 Å². The van der Waals surface area contributed by atoms with Gasteiger partial charge in [-0.3, -0.25) is 4.79 Å². The van der Waals surface area contributed by atoms with E-state index in [9.17, 15) is 9.90 Å². The molecular formula is C11H21NO4. The molecule has 0 aromatic heterocycles. The molecule has 1 fully saturated rings. The third-order valence-corrected chi connectivity index (χ3v) is 3.00. The molecule has 0 radical (unpaired) electrons. The predicted octanol–water partition coefficient (Wildman–Crippen LogP) is 0.180. The summed E-state index contributed by atoms with van der Waals surface area (Å²) in [5.41, 5.74) is 0. The molecule has 1 atom stereocenters. The van der Waals surface area contributed by atoms with Gasteiger partial charge in [0.05, 0.1) is 12.7 Å². The van der Waals surface area contributed by atoms with E-state index in [-0.39, 0.29) is 6.42 Å². The molecule has 1 rings (SSSR count). The fraction of sp³-hybridized carbons (Fsp3) is 0.909. The number of aliphatic hydroxyl groups excluding tert-OH is 1. The van der Waals surface area contributed by atoms with E-state index in [1.54, 1.807) is 7.11 Å². The molecule has 1 unspecified atom stereocenters. The molecule has 16 heavy (non-hydrogen) atoms. The first-order chi connectivity index (χ1) is 7.61. The van der Waals surface area contributed by atoms with Crippen LogP contribution in [0.1, 0.15) is 19.3 Å². The summed E-state index contributed by atoms with van der Waals surface area (Å²) in [5.74, 6) is -0.411. The monoisotopic (exact) mass is 231 g/mol. The van der Waals surface area contributed by atoms with Crippen molar-refractivity contribution < 1.29 is 19.7 Å². The van der Waals surface area contributed by atoms with Crippen molar-refractivity contribution >= 4 is 5.97 Å². The van der Waals surface area contributed by atoms with Crippen molar-refractivity contribution in [2.75, 3.05) is 33.4 Å². The second-order valence-electron chi connectivity index (χ2n) is 4.45. The summed E-state index contributed by atoms with van der Waals surface area (Å²) in [7, 11) is 1.57. The molecule has 1 heterocycles. The van der Waals surface area contributed by atoms with E-state index in [1.165, 1.54) is 0 Å². The van der Waals surface area contributed by atoms with Gasteiger partial charge >= 0.3 is 5.97 Å². The van der Waals surface area contributed by atoms with Gasteiger partial charge in [0, 0.05) is 20.1 Å². The minimum Gasteiger partial charge on any atom is -0.481 e. The molecule has 1 saturated heterocycles. The van der Waals surface area contributed by atoms with Crippen LogP contribution in [-0.2, 0) is 9.53 Å². The zero-order chi connectivity index (χ0) is 12.0. The Kier molecular flexibility index (Phi) is 5.73. The summed E-state index contributed by atoms with van der Waals surface area (Å²) >= 11 is 0. The lowest BCUT2D eigenvalue weighted by Gasteiger charge is -2.32. The average Bonchev–Trinajstić information content (AvgIpc) is 2.20. The minimum atomic E-state index is -0.710. The first-order valence-electron chi connectivity index (χ1n) is 5.73. The van der Waals surface area contributed by atoms with E-state index in [4.69, 9.17) is 9.84 Å². The average molecular weight is 231 g/mol. The van der Waals surface area contributed by atoms with Gasteiger partial charge in [0.2, 0.25) is 0 Å². The Labute approximate surface area is 96.0 Å². The van der Waals surface area contributed by atoms with Crippen molar-refractivity contribution in [1.29, 1.82) is 0 Å². The number of aliphatic hydroxyl groups is 1. The second kappa shape index (κ2) is 6.83. The van der Waals surface area contributed by atoms with Crippen molar-refractivity contribution in [3.63, 3.8) is 0 Å². The molecule has 0 spiro atoms. The second-order valence-corrected chi connectivity index (χ2v) is 4.45. The highest BCUT2D eigenvalue weighted by atomic mass is 16.5. The summed E-state index contributed by atoms with van der Waals surface area (Å²) in [6.45, 7) is 2.72. The summed E-state index contributed by atoms with van der Waals surface area (Å²) in [4.78, 5) is 12.7. The Balaban J connectivity index is 2.18. The Bertz CT molecular complexity index is 214. The van der Waals surface area contributed by atoms with Gasteiger partial charge in [-0.1, -0.05) is 0 Å². The molecule has 5 nitrogen and oxygen atoms in total. The van der Waals surface area contributed by atoms with E-state index >= 15 is 0 Å². The van der Waals surface area contributed by atoms with Crippen LogP contribution in [0.5, 0.6) is 0 Å². The number of piperidine rings is 1. The van der Waals surface area contributed by atoms with E-state index < -0.39 is 12.1 Å². The number of carboxylic acids is 1. The molecule has 5 heteroatoms. The lowest BCUT2D eigenvalue weighted by atomic mass is 9.93. The van der Waals surface area contributed by atoms with Crippen LogP contribution in [0.4, 0.5) is 0 Å². The summed E-state index contributed by atoms with van der Waals surface area (Å²) in [5, 5.41) is 18.2. The fourth-order valence-corrected chi connectivity index (χ4v) is 2.16. The van der Waals surface area contributed by atoms with E-state index in [0.29, 0.717) is 19.1 Å². The third kappa shape index (κ3) is 4.92. The fourth-order valence-electron chi connectivity index (χ4n) is 2.16. The molecule has 0 aromatic rings. The molecule has 0 aromatic carbocycles. The molecular weight excluding hydrogens is 210 g/mol. The van der Waals surface area contributed by atoms with Crippen LogP contribution in [0.25, 0.3) is 0 Å². The summed E-state index contributed by atoms with van der Waals surface area (Å²) in [6, 6.07) is 0. The maximum absolute atomic E-state index is 10.5.